The maximum absolute atomic E-state index is 13.8. The summed E-state index contributed by atoms with van der Waals surface area (Å²) in [6.45, 7) is 2.53. The number of hydrogen-bond acceptors (Lipinski definition) is 2. The van der Waals surface area contributed by atoms with E-state index in [1.165, 1.54) is 6.20 Å². The van der Waals surface area contributed by atoms with Crippen molar-refractivity contribution in [3.63, 3.8) is 0 Å². The fraction of sp³-hybridized carbons (Fsp3) is 0.273. The zero-order valence-electron chi connectivity index (χ0n) is 15.4. The molecule has 1 amide bonds. The number of carbonyl (C=O) groups excluding carboxylic acids is 1. The van der Waals surface area contributed by atoms with Crippen molar-refractivity contribution < 1.29 is 13.6 Å². The minimum atomic E-state index is -2.90. The van der Waals surface area contributed by atoms with E-state index < -0.39 is 23.8 Å². The van der Waals surface area contributed by atoms with E-state index in [1.54, 1.807) is 13.0 Å². The molecule has 0 aliphatic heterocycles. The van der Waals surface area contributed by atoms with Crippen LogP contribution >= 0.6 is 0 Å². The molecule has 0 bridgehead atoms. The van der Waals surface area contributed by atoms with Gasteiger partial charge in [-0.05, 0) is 38.0 Å². The lowest BCUT2D eigenvalue weighted by atomic mass is 9.86. The standard InChI is InChI=1S/C22H22F2N2O/c1-21(15-22(2,23)24,13-16-8-4-3-5-9-16)26-20(27)18-12-17-10-6-7-11-19(17)25-14-18/h3-12,14H,13,15H2,1-2H3,(H,26,27)/t21-/m1/s1. The second-order valence-corrected chi connectivity index (χ2v) is 7.34. The monoisotopic (exact) mass is 368 g/mol. The molecule has 3 nitrogen and oxygen atoms in total. The fourth-order valence-corrected chi connectivity index (χ4v) is 3.42. The number of aromatic nitrogens is 1. The van der Waals surface area contributed by atoms with Crippen molar-refractivity contribution in [1.82, 2.24) is 10.3 Å². The molecule has 1 N–H and O–H groups in total. The van der Waals surface area contributed by atoms with Crippen molar-refractivity contribution in [2.75, 3.05) is 0 Å². The van der Waals surface area contributed by atoms with Crippen LogP contribution in [0.4, 0.5) is 8.78 Å². The smallest absolute Gasteiger partial charge is 0.253 e. The summed E-state index contributed by atoms with van der Waals surface area (Å²) in [6, 6.07) is 18.5. The van der Waals surface area contributed by atoms with Gasteiger partial charge in [0, 0.05) is 23.5 Å². The van der Waals surface area contributed by atoms with Crippen LogP contribution in [-0.2, 0) is 6.42 Å². The van der Waals surface area contributed by atoms with Crippen molar-refractivity contribution >= 4 is 16.8 Å². The van der Waals surface area contributed by atoms with Crippen LogP contribution in [-0.4, -0.2) is 22.4 Å². The Hall–Kier alpha value is -2.82. The Morgan fingerprint density at radius 1 is 1.04 bits per heavy atom. The van der Waals surface area contributed by atoms with Crippen molar-refractivity contribution in [1.29, 1.82) is 0 Å². The van der Waals surface area contributed by atoms with Crippen molar-refractivity contribution in [2.24, 2.45) is 0 Å². The van der Waals surface area contributed by atoms with Gasteiger partial charge in [0.1, 0.15) is 0 Å². The average molecular weight is 368 g/mol. The first kappa shape index (κ1) is 19.0. The predicted octanol–water partition coefficient (Wildman–Crippen LogP) is 5.01. The summed E-state index contributed by atoms with van der Waals surface area (Å²) in [6.07, 6.45) is 1.33. The highest BCUT2D eigenvalue weighted by Gasteiger charge is 2.37. The molecule has 5 heteroatoms. The molecule has 0 saturated carbocycles. The summed E-state index contributed by atoms with van der Waals surface area (Å²) in [4.78, 5) is 17.1. The summed E-state index contributed by atoms with van der Waals surface area (Å²) in [5, 5.41) is 3.65. The lowest BCUT2D eigenvalue weighted by molar-refractivity contribution is -0.0121. The molecule has 0 aliphatic rings. The molecule has 27 heavy (non-hydrogen) atoms. The van der Waals surface area contributed by atoms with Crippen LogP contribution in [0.15, 0.2) is 66.9 Å². The number of alkyl halides is 2. The van der Waals surface area contributed by atoms with Crippen LogP contribution in [0, 0.1) is 0 Å². The molecule has 3 aromatic rings. The maximum Gasteiger partial charge on any atom is 0.253 e. The van der Waals surface area contributed by atoms with Gasteiger partial charge in [-0.3, -0.25) is 9.78 Å². The second kappa shape index (κ2) is 7.43. The average Bonchev–Trinajstić information content (AvgIpc) is 2.60. The fourth-order valence-electron chi connectivity index (χ4n) is 3.42. The normalized spacial score (nSPS) is 13.9. The van der Waals surface area contributed by atoms with Gasteiger partial charge in [-0.15, -0.1) is 0 Å². The molecule has 1 atom stereocenters. The van der Waals surface area contributed by atoms with E-state index in [4.69, 9.17) is 0 Å². The summed E-state index contributed by atoms with van der Waals surface area (Å²) in [7, 11) is 0. The largest absolute Gasteiger partial charge is 0.346 e. The molecule has 3 rings (SSSR count). The van der Waals surface area contributed by atoms with Gasteiger partial charge in [-0.1, -0.05) is 48.5 Å². The molecule has 0 spiro atoms. The quantitative estimate of drug-likeness (QED) is 0.664. The molecular weight excluding hydrogens is 346 g/mol. The van der Waals surface area contributed by atoms with Crippen LogP contribution in [0.1, 0.15) is 36.2 Å². The second-order valence-electron chi connectivity index (χ2n) is 7.34. The SMILES string of the molecule is CC(F)(F)C[C@@](C)(Cc1ccccc1)NC(=O)c1cnc2ccccc2c1. The van der Waals surface area contributed by atoms with Gasteiger partial charge in [0.05, 0.1) is 11.1 Å². The molecule has 0 unspecified atom stereocenters. The van der Waals surface area contributed by atoms with Gasteiger partial charge in [0.15, 0.2) is 0 Å². The van der Waals surface area contributed by atoms with Gasteiger partial charge in [-0.2, -0.15) is 0 Å². The molecule has 0 radical (unpaired) electrons. The number of rotatable bonds is 6. The zero-order chi connectivity index (χ0) is 19.5. The van der Waals surface area contributed by atoms with Crippen LogP contribution in [0.25, 0.3) is 10.9 Å². The Morgan fingerprint density at radius 3 is 2.41 bits per heavy atom. The number of fused-ring (bicyclic) bond motifs is 1. The molecule has 0 aliphatic carbocycles. The van der Waals surface area contributed by atoms with Crippen molar-refractivity contribution in [2.45, 2.75) is 38.2 Å². The molecule has 1 heterocycles. The van der Waals surface area contributed by atoms with E-state index in [0.717, 1.165) is 23.4 Å². The molecule has 140 valence electrons. The zero-order valence-corrected chi connectivity index (χ0v) is 15.4. The number of pyridine rings is 1. The van der Waals surface area contributed by atoms with Crippen molar-refractivity contribution in [3.8, 4) is 0 Å². The number of carbonyl (C=O) groups is 1. The van der Waals surface area contributed by atoms with Crippen LogP contribution in [0.5, 0.6) is 0 Å². The maximum atomic E-state index is 13.8. The Balaban J connectivity index is 1.86. The van der Waals surface area contributed by atoms with Gasteiger partial charge >= 0.3 is 0 Å². The molecule has 1 aromatic heterocycles. The van der Waals surface area contributed by atoms with E-state index in [0.29, 0.717) is 12.0 Å². The molecule has 2 aromatic carbocycles. The minimum Gasteiger partial charge on any atom is -0.346 e. The first-order valence-electron chi connectivity index (χ1n) is 8.83. The highest BCUT2D eigenvalue weighted by molar-refractivity contribution is 5.97. The van der Waals surface area contributed by atoms with E-state index in [2.05, 4.69) is 10.3 Å². The van der Waals surface area contributed by atoms with Crippen LogP contribution in [0.3, 0.4) is 0 Å². The number of nitrogens with one attached hydrogen (secondary N) is 1. The lowest BCUT2D eigenvalue weighted by Crippen LogP contribution is -2.50. The highest BCUT2D eigenvalue weighted by Crippen LogP contribution is 2.29. The topological polar surface area (TPSA) is 42.0 Å². The van der Waals surface area contributed by atoms with E-state index >= 15 is 0 Å². The van der Waals surface area contributed by atoms with E-state index in [9.17, 15) is 13.6 Å². The summed E-state index contributed by atoms with van der Waals surface area (Å²) < 4.78 is 27.6. The minimum absolute atomic E-state index is 0.310. The first-order chi connectivity index (χ1) is 12.7. The van der Waals surface area contributed by atoms with Crippen LogP contribution < -0.4 is 5.32 Å². The number of benzene rings is 2. The predicted molar refractivity (Wildman–Crippen MR) is 103 cm³/mol. The summed E-state index contributed by atoms with van der Waals surface area (Å²) in [5.41, 5.74) is 0.928. The number of nitrogens with zero attached hydrogens (tertiary/aromatic N) is 1. The molecule has 0 saturated heterocycles. The third-order valence-electron chi connectivity index (χ3n) is 4.41. The van der Waals surface area contributed by atoms with Gasteiger partial charge in [-0.25, -0.2) is 8.78 Å². The van der Waals surface area contributed by atoms with Gasteiger partial charge in [0.25, 0.3) is 5.91 Å². The number of amides is 1. The van der Waals surface area contributed by atoms with E-state index in [1.807, 2.05) is 54.6 Å². The summed E-state index contributed by atoms with van der Waals surface area (Å²) in [5.74, 6) is -3.31. The third-order valence-corrected chi connectivity index (χ3v) is 4.41. The molecule has 0 fully saturated rings. The Morgan fingerprint density at radius 2 is 1.70 bits per heavy atom. The van der Waals surface area contributed by atoms with Crippen LogP contribution in [0.2, 0.25) is 0 Å². The summed E-state index contributed by atoms with van der Waals surface area (Å²) >= 11 is 0. The number of hydrogen-bond donors (Lipinski definition) is 1. The van der Waals surface area contributed by atoms with E-state index in [-0.39, 0.29) is 0 Å². The first-order valence-corrected chi connectivity index (χ1v) is 8.83. The Bertz CT molecular complexity index is 938. The Kier molecular flexibility index (Phi) is 5.22. The van der Waals surface area contributed by atoms with Gasteiger partial charge < -0.3 is 5.32 Å². The number of para-hydroxylation sites is 1. The Labute approximate surface area is 157 Å². The van der Waals surface area contributed by atoms with Crippen molar-refractivity contribution in [3.05, 3.63) is 78.0 Å². The lowest BCUT2D eigenvalue weighted by Gasteiger charge is -2.33. The highest BCUT2D eigenvalue weighted by atomic mass is 19.3. The van der Waals surface area contributed by atoms with Gasteiger partial charge in [0.2, 0.25) is 5.92 Å². The number of halogens is 2. The third kappa shape index (κ3) is 5.09. The molecular formula is C22H22F2N2O.